The van der Waals surface area contributed by atoms with Crippen molar-refractivity contribution in [1.29, 1.82) is 0 Å². The Morgan fingerprint density at radius 2 is 1.85 bits per heavy atom. The van der Waals surface area contributed by atoms with Crippen molar-refractivity contribution in [2.75, 3.05) is 38.0 Å². The molecule has 144 valence electrons. The molecular formula is C21H29N5O. The van der Waals surface area contributed by atoms with Gasteiger partial charge in [-0.2, -0.15) is 0 Å². The first kappa shape index (κ1) is 19.3. The molecule has 0 radical (unpaired) electrons. The van der Waals surface area contributed by atoms with Gasteiger partial charge in [-0.3, -0.25) is 9.69 Å². The number of carbonyl (C=O) groups excluding carboxylic acids is 1. The van der Waals surface area contributed by atoms with Gasteiger partial charge in [0.05, 0.1) is 0 Å². The highest BCUT2D eigenvalue weighted by atomic mass is 16.2. The fourth-order valence-electron chi connectivity index (χ4n) is 3.25. The van der Waals surface area contributed by atoms with E-state index in [0.717, 1.165) is 45.7 Å². The molecule has 1 saturated heterocycles. The number of hydrogen-bond donors (Lipinski definition) is 1. The summed E-state index contributed by atoms with van der Waals surface area (Å²) in [6, 6.07) is 12.2. The van der Waals surface area contributed by atoms with Gasteiger partial charge >= 0.3 is 0 Å². The number of nitrogens with one attached hydrogen (secondary N) is 1. The van der Waals surface area contributed by atoms with Crippen molar-refractivity contribution >= 4 is 11.9 Å². The molecule has 2 heterocycles. The molecule has 0 spiro atoms. The van der Waals surface area contributed by atoms with Gasteiger partial charge in [0.2, 0.25) is 5.95 Å². The summed E-state index contributed by atoms with van der Waals surface area (Å²) >= 11 is 0. The van der Waals surface area contributed by atoms with Crippen LogP contribution in [0.4, 0.5) is 5.95 Å². The molecule has 1 aromatic carbocycles. The molecule has 1 fully saturated rings. The van der Waals surface area contributed by atoms with E-state index in [-0.39, 0.29) is 5.91 Å². The maximum Gasteiger partial charge on any atom is 0.272 e. The first-order chi connectivity index (χ1) is 13.3. The summed E-state index contributed by atoms with van der Waals surface area (Å²) in [5.41, 5.74) is 1.78. The fourth-order valence-corrected chi connectivity index (χ4v) is 3.25. The summed E-state index contributed by atoms with van der Waals surface area (Å²) in [5.74, 6) is 0.535. The highest BCUT2D eigenvalue weighted by Crippen LogP contribution is 2.11. The third kappa shape index (κ3) is 5.76. The predicted molar refractivity (Wildman–Crippen MR) is 108 cm³/mol. The number of hydrogen-bond acceptors (Lipinski definition) is 5. The first-order valence-electron chi connectivity index (χ1n) is 9.88. The van der Waals surface area contributed by atoms with Gasteiger partial charge in [-0.05, 0) is 18.1 Å². The number of amides is 1. The van der Waals surface area contributed by atoms with Gasteiger partial charge in [0.15, 0.2) is 0 Å². The summed E-state index contributed by atoms with van der Waals surface area (Å²) in [6.45, 7) is 7.17. The SMILES string of the molecule is CCCCCNc1nccc(C(=O)N2CCN(Cc3ccccc3)CC2)n1. The summed E-state index contributed by atoms with van der Waals surface area (Å²) in [6.07, 6.45) is 5.10. The van der Waals surface area contributed by atoms with Crippen LogP contribution in [-0.2, 0) is 6.54 Å². The lowest BCUT2D eigenvalue weighted by Crippen LogP contribution is -2.48. The molecule has 1 amide bonds. The van der Waals surface area contributed by atoms with E-state index < -0.39 is 0 Å². The normalized spacial score (nSPS) is 14.9. The van der Waals surface area contributed by atoms with Gasteiger partial charge in [0.25, 0.3) is 5.91 Å². The zero-order chi connectivity index (χ0) is 18.9. The van der Waals surface area contributed by atoms with Gasteiger partial charge in [0, 0.05) is 45.5 Å². The summed E-state index contributed by atoms with van der Waals surface area (Å²) in [5, 5.41) is 3.21. The number of aromatic nitrogens is 2. The van der Waals surface area contributed by atoms with Gasteiger partial charge in [-0.1, -0.05) is 50.1 Å². The second kappa shape index (κ2) is 10.0. The van der Waals surface area contributed by atoms with E-state index in [4.69, 9.17) is 0 Å². The van der Waals surface area contributed by atoms with Crippen molar-refractivity contribution in [2.24, 2.45) is 0 Å². The van der Waals surface area contributed by atoms with Crippen molar-refractivity contribution in [2.45, 2.75) is 32.7 Å². The minimum absolute atomic E-state index is 0.00614. The van der Waals surface area contributed by atoms with Crippen molar-refractivity contribution < 1.29 is 4.79 Å². The molecular weight excluding hydrogens is 338 g/mol. The molecule has 1 N–H and O–H groups in total. The van der Waals surface area contributed by atoms with E-state index in [2.05, 4.69) is 51.4 Å². The van der Waals surface area contributed by atoms with Crippen LogP contribution < -0.4 is 5.32 Å². The number of carbonyl (C=O) groups is 1. The second-order valence-electron chi connectivity index (χ2n) is 6.95. The van der Waals surface area contributed by atoms with E-state index in [1.165, 1.54) is 18.4 Å². The molecule has 6 heteroatoms. The Morgan fingerprint density at radius 3 is 2.59 bits per heavy atom. The Morgan fingerprint density at radius 1 is 1.07 bits per heavy atom. The lowest BCUT2D eigenvalue weighted by atomic mass is 10.2. The van der Waals surface area contributed by atoms with Crippen molar-refractivity contribution in [1.82, 2.24) is 19.8 Å². The maximum absolute atomic E-state index is 12.8. The molecule has 0 unspecified atom stereocenters. The highest BCUT2D eigenvalue weighted by molar-refractivity contribution is 5.92. The highest BCUT2D eigenvalue weighted by Gasteiger charge is 2.23. The van der Waals surface area contributed by atoms with E-state index in [1.807, 2.05) is 11.0 Å². The molecule has 1 aliphatic heterocycles. The third-order valence-electron chi connectivity index (χ3n) is 4.85. The molecule has 0 aliphatic carbocycles. The lowest BCUT2D eigenvalue weighted by Gasteiger charge is -2.34. The Labute approximate surface area is 161 Å². The van der Waals surface area contributed by atoms with E-state index >= 15 is 0 Å². The fraction of sp³-hybridized carbons (Fsp3) is 0.476. The first-order valence-corrected chi connectivity index (χ1v) is 9.88. The molecule has 0 saturated carbocycles. The molecule has 3 rings (SSSR count). The largest absolute Gasteiger partial charge is 0.354 e. The molecule has 0 atom stereocenters. The number of benzene rings is 1. The van der Waals surface area contributed by atoms with Crippen LogP contribution >= 0.6 is 0 Å². The van der Waals surface area contributed by atoms with Crippen molar-refractivity contribution in [3.63, 3.8) is 0 Å². The van der Waals surface area contributed by atoms with Crippen LogP contribution in [0.2, 0.25) is 0 Å². The standard InChI is InChI=1S/C21H29N5O/c1-2-3-7-11-22-21-23-12-10-19(24-21)20(27)26-15-13-25(14-16-26)17-18-8-5-4-6-9-18/h4-6,8-10,12H,2-3,7,11,13-17H2,1H3,(H,22,23,24). The number of rotatable bonds is 8. The molecule has 2 aromatic rings. The average Bonchev–Trinajstić information content (AvgIpc) is 2.72. The minimum atomic E-state index is -0.00614. The molecule has 1 aromatic heterocycles. The van der Waals surface area contributed by atoms with E-state index in [1.54, 1.807) is 12.3 Å². The van der Waals surface area contributed by atoms with Crippen molar-refractivity contribution in [3.05, 3.63) is 53.9 Å². The molecule has 1 aliphatic rings. The van der Waals surface area contributed by atoms with Crippen LogP contribution in [-0.4, -0.2) is 58.4 Å². The van der Waals surface area contributed by atoms with Crippen molar-refractivity contribution in [3.8, 4) is 0 Å². The summed E-state index contributed by atoms with van der Waals surface area (Å²) in [4.78, 5) is 25.7. The summed E-state index contributed by atoms with van der Waals surface area (Å²) in [7, 11) is 0. The Bertz CT molecular complexity index is 714. The van der Waals surface area contributed by atoms with Crippen LogP contribution in [0.15, 0.2) is 42.6 Å². The minimum Gasteiger partial charge on any atom is -0.354 e. The van der Waals surface area contributed by atoms with Crippen LogP contribution in [0.5, 0.6) is 0 Å². The van der Waals surface area contributed by atoms with Gasteiger partial charge < -0.3 is 10.2 Å². The van der Waals surface area contributed by atoms with Crippen LogP contribution in [0, 0.1) is 0 Å². The van der Waals surface area contributed by atoms with Gasteiger partial charge in [0.1, 0.15) is 5.69 Å². The summed E-state index contributed by atoms with van der Waals surface area (Å²) < 4.78 is 0. The number of nitrogens with zero attached hydrogens (tertiary/aromatic N) is 4. The maximum atomic E-state index is 12.8. The Balaban J connectivity index is 1.50. The number of unbranched alkanes of at least 4 members (excludes halogenated alkanes) is 2. The molecule has 0 bridgehead atoms. The monoisotopic (exact) mass is 367 g/mol. The quantitative estimate of drug-likeness (QED) is 0.727. The average molecular weight is 367 g/mol. The zero-order valence-corrected chi connectivity index (χ0v) is 16.1. The topological polar surface area (TPSA) is 61.4 Å². The van der Waals surface area contributed by atoms with Crippen LogP contribution in [0.1, 0.15) is 42.2 Å². The number of piperazine rings is 1. The van der Waals surface area contributed by atoms with E-state index in [0.29, 0.717) is 11.6 Å². The smallest absolute Gasteiger partial charge is 0.272 e. The third-order valence-corrected chi connectivity index (χ3v) is 4.85. The Hall–Kier alpha value is -2.47. The zero-order valence-electron chi connectivity index (χ0n) is 16.1. The molecule has 6 nitrogen and oxygen atoms in total. The Kier molecular flexibility index (Phi) is 7.16. The molecule has 27 heavy (non-hydrogen) atoms. The van der Waals surface area contributed by atoms with E-state index in [9.17, 15) is 4.79 Å². The van der Waals surface area contributed by atoms with Crippen LogP contribution in [0.25, 0.3) is 0 Å². The number of anilines is 1. The van der Waals surface area contributed by atoms with Gasteiger partial charge in [-0.15, -0.1) is 0 Å². The van der Waals surface area contributed by atoms with Crippen LogP contribution in [0.3, 0.4) is 0 Å². The predicted octanol–water partition coefficient (Wildman–Crippen LogP) is 3.04. The second-order valence-corrected chi connectivity index (χ2v) is 6.95. The lowest BCUT2D eigenvalue weighted by molar-refractivity contribution is 0.0622. The van der Waals surface area contributed by atoms with Gasteiger partial charge in [-0.25, -0.2) is 9.97 Å².